The lowest BCUT2D eigenvalue weighted by molar-refractivity contribution is 0.580. The highest BCUT2D eigenvalue weighted by molar-refractivity contribution is 7.89. The van der Waals surface area contributed by atoms with Crippen molar-refractivity contribution in [1.29, 1.82) is 0 Å². The predicted octanol–water partition coefficient (Wildman–Crippen LogP) is 1.81. The summed E-state index contributed by atoms with van der Waals surface area (Å²) < 4.78 is 27.3. The van der Waals surface area contributed by atoms with E-state index in [1.54, 1.807) is 12.4 Å². The monoisotopic (exact) mass is 279 g/mol. The summed E-state index contributed by atoms with van der Waals surface area (Å²) in [5.74, 6) is 0. The number of nitrogens with zero attached hydrogens (tertiary/aromatic N) is 1. The van der Waals surface area contributed by atoms with Gasteiger partial charge >= 0.3 is 0 Å². The molecule has 2 aromatic rings. The maximum absolute atomic E-state index is 12.3. The van der Waals surface area contributed by atoms with E-state index in [0.717, 1.165) is 22.3 Å². The molecule has 5 nitrogen and oxygen atoms in total. The minimum Gasteiger partial charge on any atom is -0.285 e. The standard InChI is InChI=1S/C13H17N3O2S/c1-9-4-10(2)13(11(3)5-9)19(17,18)16-8-12-6-14-15-7-12/h4-7,16H,8H2,1-3H3,(H,14,15). The number of sulfonamides is 1. The molecule has 6 heteroatoms. The van der Waals surface area contributed by atoms with Crippen LogP contribution in [0.15, 0.2) is 29.4 Å². The SMILES string of the molecule is Cc1cc(C)c(S(=O)(=O)NCc2cn[nH]c2)c(C)c1. The van der Waals surface area contributed by atoms with Crippen molar-refractivity contribution in [2.45, 2.75) is 32.2 Å². The molecular weight excluding hydrogens is 262 g/mol. The molecule has 1 aromatic carbocycles. The van der Waals surface area contributed by atoms with Gasteiger partial charge in [-0.1, -0.05) is 17.7 Å². The third kappa shape index (κ3) is 3.02. The Morgan fingerprint density at radius 3 is 2.37 bits per heavy atom. The number of hydrogen-bond donors (Lipinski definition) is 2. The number of nitrogens with one attached hydrogen (secondary N) is 2. The Hall–Kier alpha value is -1.66. The van der Waals surface area contributed by atoms with Gasteiger partial charge in [-0.2, -0.15) is 5.10 Å². The van der Waals surface area contributed by atoms with Crippen LogP contribution in [0.3, 0.4) is 0 Å². The van der Waals surface area contributed by atoms with Crippen molar-refractivity contribution in [3.63, 3.8) is 0 Å². The second kappa shape index (κ2) is 5.14. The summed E-state index contributed by atoms with van der Waals surface area (Å²) in [6.07, 6.45) is 3.26. The van der Waals surface area contributed by atoms with Crippen LogP contribution in [0.4, 0.5) is 0 Å². The first-order chi connectivity index (χ1) is 8.90. The molecule has 0 aliphatic heterocycles. The summed E-state index contributed by atoms with van der Waals surface area (Å²) in [4.78, 5) is 0.363. The lowest BCUT2D eigenvalue weighted by Gasteiger charge is -2.12. The second-order valence-corrected chi connectivity index (χ2v) is 6.36. The van der Waals surface area contributed by atoms with Gasteiger partial charge in [0.15, 0.2) is 0 Å². The summed E-state index contributed by atoms with van der Waals surface area (Å²) in [5, 5.41) is 6.43. The summed E-state index contributed by atoms with van der Waals surface area (Å²) in [6.45, 7) is 5.81. The third-order valence-corrected chi connectivity index (χ3v) is 4.60. The van der Waals surface area contributed by atoms with Crippen LogP contribution >= 0.6 is 0 Å². The molecule has 2 rings (SSSR count). The Morgan fingerprint density at radius 2 is 1.84 bits per heavy atom. The van der Waals surface area contributed by atoms with E-state index >= 15 is 0 Å². The van der Waals surface area contributed by atoms with Crippen LogP contribution in [0.5, 0.6) is 0 Å². The minimum absolute atomic E-state index is 0.228. The van der Waals surface area contributed by atoms with Crippen LogP contribution in [0.25, 0.3) is 0 Å². The molecule has 0 atom stereocenters. The molecule has 0 spiro atoms. The average molecular weight is 279 g/mol. The smallest absolute Gasteiger partial charge is 0.241 e. The van der Waals surface area contributed by atoms with Crippen molar-refractivity contribution in [1.82, 2.24) is 14.9 Å². The quantitative estimate of drug-likeness (QED) is 0.896. The molecule has 0 saturated heterocycles. The van der Waals surface area contributed by atoms with Crippen molar-refractivity contribution in [3.05, 3.63) is 46.8 Å². The predicted molar refractivity (Wildman–Crippen MR) is 73.3 cm³/mol. The Kier molecular flexibility index (Phi) is 3.73. The first-order valence-corrected chi connectivity index (χ1v) is 7.43. The number of hydrogen-bond acceptors (Lipinski definition) is 3. The molecule has 0 bridgehead atoms. The highest BCUT2D eigenvalue weighted by atomic mass is 32.2. The van der Waals surface area contributed by atoms with E-state index < -0.39 is 10.0 Å². The number of aromatic amines is 1. The van der Waals surface area contributed by atoms with Gasteiger partial charge in [0, 0.05) is 18.3 Å². The number of aromatic nitrogens is 2. The van der Waals surface area contributed by atoms with Crippen molar-refractivity contribution in [2.24, 2.45) is 0 Å². The fourth-order valence-corrected chi connectivity index (χ4v) is 3.68. The van der Waals surface area contributed by atoms with Gasteiger partial charge in [-0.15, -0.1) is 0 Å². The molecule has 1 heterocycles. The van der Waals surface area contributed by atoms with Crippen LogP contribution < -0.4 is 4.72 Å². The maximum atomic E-state index is 12.3. The number of rotatable bonds is 4. The molecule has 0 amide bonds. The van der Waals surface area contributed by atoms with E-state index in [-0.39, 0.29) is 6.54 Å². The van der Waals surface area contributed by atoms with Crippen LogP contribution in [-0.2, 0) is 16.6 Å². The topological polar surface area (TPSA) is 74.8 Å². The largest absolute Gasteiger partial charge is 0.285 e. The second-order valence-electron chi connectivity index (χ2n) is 4.66. The molecule has 0 radical (unpaired) electrons. The van der Waals surface area contributed by atoms with Gasteiger partial charge in [-0.3, -0.25) is 5.10 Å². The minimum atomic E-state index is -3.51. The number of aryl methyl sites for hydroxylation is 3. The molecule has 102 valence electrons. The number of H-pyrrole nitrogens is 1. The van der Waals surface area contributed by atoms with E-state index in [1.165, 1.54) is 0 Å². The van der Waals surface area contributed by atoms with Gasteiger partial charge in [-0.25, -0.2) is 13.1 Å². The van der Waals surface area contributed by atoms with Gasteiger partial charge in [0.05, 0.1) is 11.1 Å². The highest BCUT2D eigenvalue weighted by Crippen LogP contribution is 2.21. The zero-order chi connectivity index (χ0) is 14.0. The lowest BCUT2D eigenvalue weighted by Crippen LogP contribution is -2.24. The highest BCUT2D eigenvalue weighted by Gasteiger charge is 2.19. The Bertz CT molecular complexity index is 653. The zero-order valence-electron chi connectivity index (χ0n) is 11.2. The van der Waals surface area contributed by atoms with Crippen LogP contribution in [0, 0.1) is 20.8 Å². The maximum Gasteiger partial charge on any atom is 0.241 e. The molecule has 0 unspecified atom stereocenters. The third-order valence-electron chi connectivity index (χ3n) is 2.89. The molecular formula is C13H17N3O2S. The summed E-state index contributed by atoms with van der Waals surface area (Å²) in [6, 6.07) is 3.75. The van der Waals surface area contributed by atoms with Crippen molar-refractivity contribution >= 4 is 10.0 Å². The molecule has 0 aliphatic carbocycles. The first kappa shape index (κ1) is 13.8. The van der Waals surface area contributed by atoms with Crippen molar-refractivity contribution in [3.8, 4) is 0 Å². The van der Waals surface area contributed by atoms with Crippen LogP contribution in [0.1, 0.15) is 22.3 Å². The Labute approximate surface area is 113 Å². The van der Waals surface area contributed by atoms with Crippen LogP contribution in [0.2, 0.25) is 0 Å². The van der Waals surface area contributed by atoms with Gasteiger partial charge < -0.3 is 0 Å². The van der Waals surface area contributed by atoms with Gasteiger partial charge in [0.1, 0.15) is 0 Å². The summed E-state index contributed by atoms with van der Waals surface area (Å²) in [5.41, 5.74) is 3.38. The van der Waals surface area contributed by atoms with E-state index in [9.17, 15) is 8.42 Å². The molecule has 0 saturated carbocycles. The number of benzene rings is 1. The van der Waals surface area contributed by atoms with Crippen molar-refractivity contribution in [2.75, 3.05) is 0 Å². The van der Waals surface area contributed by atoms with E-state index in [0.29, 0.717) is 4.90 Å². The first-order valence-electron chi connectivity index (χ1n) is 5.95. The van der Waals surface area contributed by atoms with Crippen molar-refractivity contribution < 1.29 is 8.42 Å². The van der Waals surface area contributed by atoms with E-state index in [4.69, 9.17) is 0 Å². The molecule has 1 aromatic heterocycles. The lowest BCUT2D eigenvalue weighted by atomic mass is 10.1. The van der Waals surface area contributed by atoms with Gasteiger partial charge in [-0.05, 0) is 31.9 Å². The van der Waals surface area contributed by atoms with Gasteiger partial charge in [0.25, 0.3) is 0 Å². The van der Waals surface area contributed by atoms with E-state index in [1.807, 2.05) is 32.9 Å². The summed E-state index contributed by atoms with van der Waals surface area (Å²) >= 11 is 0. The fraction of sp³-hybridized carbons (Fsp3) is 0.308. The van der Waals surface area contributed by atoms with Gasteiger partial charge in [0.2, 0.25) is 10.0 Å². The molecule has 2 N–H and O–H groups in total. The molecule has 0 aliphatic rings. The summed E-state index contributed by atoms with van der Waals surface area (Å²) in [7, 11) is -3.51. The average Bonchev–Trinajstić information content (AvgIpc) is 2.77. The van der Waals surface area contributed by atoms with E-state index in [2.05, 4.69) is 14.9 Å². The fourth-order valence-electron chi connectivity index (χ4n) is 2.22. The zero-order valence-corrected chi connectivity index (χ0v) is 12.0. The molecule has 19 heavy (non-hydrogen) atoms. The normalized spacial score (nSPS) is 11.7. The molecule has 0 fully saturated rings. The van der Waals surface area contributed by atoms with Crippen LogP contribution in [-0.4, -0.2) is 18.6 Å². The Morgan fingerprint density at radius 1 is 1.21 bits per heavy atom. The Balaban J connectivity index is 2.29.